The average Bonchev–Trinajstić information content (AvgIpc) is 3.24. The summed E-state index contributed by atoms with van der Waals surface area (Å²) in [6.07, 6.45) is 11.8. The lowest BCUT2D eigenvalue weighted by Gasteiger charge is -2.24. The fraction of sp³-hybridized carbons (Fsp3) is 0.190. The second-order valence-electron chi connectivity index (χ2n) is 6.42. The summed E-state index contributed by atoms with van der Waals surface area (Å²) >= 11 is 0. The van der Waals surface area contributed by atoms with E-state index in [1.54, 1.807) is 36.9 Å². The fourth-order valence-electron chi connectivity index (χ4n) is 3.30. The maximum absolute atomic E-state index is 12.8. The molecular formula is C21H20N6O. The molecule has 140 valence electrons. The number of likely N-dealkylation sites (tertiary alicyclic amines) is 1. The molecule has 0 radical (unpaired) electrons. The minimum absolute atomic E-state index is 0.0288. The number of hydrogen-bond acceptors (Lipinski definition) is 6. The first-order valence-electron chi connectivity index (χ1n) is 9.20. The SMILES string of the molecule is O=C(/C=C/c1ccccc1)N1CCCC1c1nccnc1Nc1ncccn1. The Hall–Kier alpha value is -3.61. The van der Waals surface area contributed by atoms with Crippen molar-refractivity contribution in [2.45, 2.75) is 18.9 Å². The van der Waals surface area contributed by atoms with Gasteiger partial charge in [-0.2, -0.15) is 0 Å². The van der Waals surface area contributed by atoms with Crippen LogP contribution in [0.1, 0.15) is 30.1 Å². The molecular weight excluding hydrogens is 352 g/mol. The number of amides is 1. The first-order valence-corrected chi connectivity index (χ1v) is 9.20. The van der Waals surface area contributed by atoms with E-state index in [4.69, 9.17) is 0 Å². The van der Waals surface area contributed by atoms with Crippen LogP contribution in [0.2, 0.25) is 0 Å². The molecule has 4 rings (SSSR count). The summed E-state index contributed by atoms with van der Waals surface area (Å²) in [6, 6.07) is 11.4. The number of benzene rings is 1. The van der Waals surface area contributed by atoms with Crippen molar-refractivity contribution in [3.05, 3.63) is 78.5 Å². The quantitative estimate of drug-likeness (QED) is 0.691. The largest absolute Gasteiger partial charge is 0.330 e. The van der Waals surface area contributed by atoms with E-state index in [-0.39, 0.29) is 11.9 Å². The molecule has 1 aliphatic heterocycles. The Bertz CT molecular complexity index is 961. The highest BCUT2D eigenvalue weighted by molar-refractivity contribution is 5.92. The number of rotatable bonds is 5. The summed E-state index contributed by atoms with van der Waals surface area (Å²) in [7, 11) is 0. The molecule has 1 saturated heterocycles. The molecule has 1 fully saturated rings. The number of carbonyl (C=O) groups is 1. The average molecular weight is 372 g/mol. The highest BCUT2D eigenvalue weighted by atomic mass is 16.2. The van der Waals surface area contributed by atoms with Crippen LogP contribution in [0.5, 0.6) is 0 Å². The summed E-state index contributed by atoms with van der Waals surface area (Å²) in [5.41, 5.74) is 1.73. The molecule has 2 aromatic heterocycles. The number of carbonyl (C=O) groups excluding carboxylic acids is 1. The van der Waals surface area contributed by atoms with E-state index in [1.807, 2.05) is 41.3 Å². The van der Waals surface area contributed by atoms with Gasteiger partial charge in [-0.05, 0) is 30.5 Å². The fourth-order valence-corrected chi connectivity index (χ4v) is 3.30. The first-order chi connectivity index (χ1) is 13.8. The van der Waals surface area contributed by atoms with Crippen molar-refractivity contribution in [1.82, 2.24) is 24.8 Å². The highest BCUT2D eigenvalue weighted by Gasteiger charge is 2.32. The van der Waals surface area contributed by atoms with Crippen LogP contribution < -0.4 is 5.32 Å². The zero-order valence-electron chi connectivity index (χ0n) is 15.3. The normalized spacial score (nSPS) is 16.4. The number of nitrogens with zero attached hydrogens (tertiary/aromatic N) is 5. The topological polar surface area (TPSA) is 83.9 Å². The lowest BCUT2D eigenvalue weighted by Crippen LogP contribution is -2.30. The Morgan fingerprint density at radius 3 is 2.61 bits per heavy atom. The summed E-state index contributed by atoms with van der Waals surface area (Å²) in [5, 5.41) is 3.11. The lowest BCUT2D eigenvalue weighted by molar-refractivity contribution is -0.126. The molecule has 0 spiro atoms. The number of aromatic nitrogens is 4. The van der Waals surface area contributed by atoms with E-state index in [0.29, 0.717) is 18.3 Å². The van der Waals surface area contributed by atoms with Crippen LogP contribution in [-0.4, -0.2) is 37.3 Å². The third-order valence-corrected chi connectivity index (χ3v) is 4.59. The summed E-state index contributed by atoms with van der Waals surface area (Å²) < 4.78 is 0. The number of anilines is 2. The molecule has 7 nitrogen and oxygen atoms in total. The second kappa shape index (κ2) is 8.39. The Morgan fingerprint density at radius 1 is 1.00 bits per heavy atom. The van der Waals surface area contributed by atoms with Gasteiger partial charge in [-0.15, -0.1) is 0 Å². The van der Waals surface area contributed by atoms with Crippen molar-refractivity contribution >= 4 is 23.7 Å². The van der Waals surface area contributed by atoms with Gasteiger partial charge in [-0.1, -0.05) is 30.3 Å². The van der Waals surface area contributed by atoms with Gasteiger partial charge in [0.15, 0.2) is 5.82 Å². The number of hydrogen-bond donors (Lipinski definition) is 1. The van der Waals surface area contributed by atoms with Gasteiger partial charge in [-0.3, -0.25) is 9.78 Å². The molecule has 1 aliphatic rings. The molecule has 3 aromatic rings. The van der Waals surface area contributed by atoms with Gasteiger partial charge in [0, 0.05) is 37.4 Å². The van der Waals surface area contributed by atoms with Crippen molar-refractivity contribution in [3.63, 3.8) is 0 Å². The van der Waals surface area contributed by atoms with Gasteiger partial charge in [0.25, 0.3) is 0 Å². The molecule has 28 heavy (non-hydrogen) atoms. The van der Waals surface area contributed by atoms with Gasteiger partial charge >= 0.3 is 0 Å². The zero-order valence-corrected chi connectivity index (χ0v) is 15.3. The predicted molar refractivity (Wildman–Crippen MR) is 107 cm³/mol. The van der Waals surface area contributed by atoms with Crippen LogP contribution >= 0.6 is 0 Å². The van der Waals surface area contributed by atoms with E-state index in [2.05, 4.69) is 25.3 Å². The molecule has 1 unspecified atom stereocenters. The van der Waals surface area contributed by atoms with Gasteiger partial charge < -0.3 is 10.2 Å². The summed E-state index contributed by atoms with van der Waals surface area (Å²) in [4.78, 5) is 31.9. The third kappa shape index (κ3) is 4.03. The monoisotopic (exact) mass is 372 g/mol. The molecule has 1 atom stereocenters. The molecule has 3 heterocycles. The molecule has 0 aliphatic carbocycles. The van der Waals surface area contributed by atoms with Crippen molar-refractivity contribution in [2.75, 3.05) is 11.9 Å². The molecule has 1 N–H and O–H groups in total. The summed E-state index contributed by atoms with van der Waals surface area (Å²) in [6.45, 7) is 0.695. The molecule has 1 amide bonds. The van der Waals surface area contributed by atoms with Crippen molar-refractivity contribution in [2.24, 2.45) is 0 Å². The summed E-state index contributed by atoms with van der Waals surface area (Å²) in [5.74, 6) is 0.994. The second-order valence-corrected chi connectivity index (χ2v) is 6.42. The Balaban J connectivity index is 1.55. The van der Waals surface area contributed by atoms with Gasteiger partial charge in [0.2, 0.25) is 11.9 Å². The van der Waals surface area contributed by atoms with Crippen LogP contribution in [0.25, 0.3) is 6.08 Å². The van der Waals surface area contributed by atoms with E-state index < -0.39 is 0 Å². The van der Waals surface area contributed by atoms with E-state index in [0.717, 1.165) is 24.1 Å². The smallest absolute Gasteiger partial charge is 0.247 e. The third-order valence-electron chi connectivity index (χ3n) is 4.59. The predicted octanol–water partition coefficient (Wildman–Crippen LogP) is 3.39. The molecule has 0 bridgehead atoms. The lowest BCUT2D eigenvalue weighted by atomic mass is 10.1. The van der Waals surface area contributed by atoms with E-state index >= 15 is 0 Å². The first kappa shape index (κ1) is 17.8. The molecule has 1 aromatic carbocycles. The Morgan fingerprint density at radius 2 is 1.79 bits per heavy atom. The molecule has 7 heteroatoms. The van der Waals surface area contributed by atoms with Crippen LogP contribution in [-0.2, 0) is 4.79 Å². The van der Waals surface area contributed by atoms with Gasteiger partial charge in [0.05, 0.1) is 6.04 Å². The van der Waals surface area contributed by atoms with E-state index in [1.165, 1.54) is 0 Å². The number of nitrogens with one attached hydrogen (secondary N) is 1. The van der Waals surface area contributed by atoms with Gasteiger partial charge in [-0.25, -0.2) is 15.0 Å². The Kier molecular flexibility index (Phi) is 5.33. The standard InChI is InChI=1S/C21H20N6O/c28-18(10-9-16-6-2-1-3-7-16)27-15-4-8-17(27)19-20(23-14-13-22-19)26-21-24-11-5-12-25-21/h1-3,5-7,9-14,17H,4,8,15H2,(H,23,24,25,26)/b10-9+. The maximum atomic E-state index is 12.8. The van der Waals surface area contributed by atoms with Crippen LogP contribution in [0, 0.1) is 0 Å². The minimum atomic E-state index is -0.132. The highest BCUT2D eigenvalue weighted by Crippen LogP contribution is 2.34. The maximum Gasteiger partial charge on any atom is 0.247 e. The van der Waals surface area contributed by atoms with Crippen molar-refractivity contribution < 1.29 is 4.79 Å². The van der Waals surface area contributed by atoms with E-state index in [9.17, 15) is 4.79 Å². The minimum Gasteiger partial charge on any atom is -0.330 e. The van der Waals surface area contributed by atoms with Crippen LogP contribution in [0.4, 0.5) is 11.8 Å². The van der Waals surface area contributed by atoms with Crippen LogP contribution in [0.15, 0.2) is 67.3 Å². The molecule has 0 saturated carbocycles. The van der Waals surface area contributed by atoms with Gasteiger partial charge in [0.1, 0.15) is 5.69 Å². The van der Waals surface area contributed by atoms with Crippen molar-refractivity contribution in [3.8, 4) is 0 Å². The zero-order chi connectivity index (χ0) is 19.2. The Labute approximate surface area is 163 Å². The van der Waals surface area contributed by atoms with Crippen LogP contribution in [0.3, 0.4) is 0 Å². The van der Waals surface area contributed by atoms with Crippen molar-refractivity contribution in [1.29, 1.82) is 0 Å².